The molecule has 4 N–H and O–H groups in total. The number of ether oxygens (including phenoxy) is 1. The first kappa shape index (κ1) is 17.2. The lowest BCUT2D eigenvalue weighted by Crippen LogP contribution is -2.48. The van der Waals surface area contributed by atoms with Crippen molar-refractivity contribution in [3.63, 3.8) is 0 Å². The van der Waals surface area contributed by atoms with Crippen LogP contribution in [0.3, 0.4) is 0 Å². The molecule has 1 atom stereocenters. The zero-order valence-corrected chi connectivity index (χ0v) is 12.2. The van der Waals surface area contributed by atoms with Crippen molar-refractivity contribution < 1.29 is 24.2 Å². The Hall–Kier alpha value is -1.83. The van der Waals surface area contributed by atoms with Crippen LogP contribution in [0.15, 0.2) is 0 Å². The van der Waals surface area contributed by atoms with E-state index in [1.165, 1.54) is 4.90 Å². The number of rotatable bonds is 7. The Morgan fingerprint density at radius 1 is 1.38 bits per heavy atom. The van der Waals surface area contributed by atoms with Gasteiger partial charge in [0, 0.05) is 33.2 Å². The maximum absolute atomic E-state index is 12.0. The third-order valence-corrected chi connectivity index (χ3v) is 3.49. The van der Waals surface area contributed by atoms with Gasteiger partial charge in [-0.1, -0.05) is 0 Å². The Morgan fingerprint density at radius 2 is 2.00 bits per heavy atom. The molecule has 3 amide bonds. The molecule has 0 radical (unpaired) electrons. The molecule has 0 aromatic heterocycles. The molecular weight excluding hydrogens is 278 g/mol. The molecule has 120 valence electrons. The van der Waals surface area contributed by atoms with Crippen molar-refractivity contribution >= 4 is 17.9 Å². The summed E-state index contributed by atoms with van der Waals surface area (Å²) in [5.41, 5.74) is 4.99. The Labute approximate surface area is 123 Å². The molecule has 1 fully saturated rings. The molecule has 1 aliphatic heterocycles. The first-order chi connectivity index (χ1) is 9.90. The van der Waals surface area contributed by atoms with Gasteiger partial charge in [-0.3, -0.25) is 4.79 Å². The molecule has 8 nitrogen and oxygen atoms in total. The molecule has 0 aromatic rings. The number of carboxylic acids is 1. The number of amides is 3. The Bertz CT molecular complexity index is 382. The highest BCUT2D eigenvalue weighted by Gasteiger charge is 2.24. The summed E-state index contributed by atoms with van der Waals surface area (Å²) in [5.74, 6) is -1.40. The van der Waals surface area contributed by atoms with Gasteiger partial charge >= 0.3 is 12.0 Å². The molecule has 1 rings (SSSR count). The van der Waals surface area contributed by atoms with E-state index in [0.717, 1.165) is 12.8 Å². The number of hydrogen-bond donors (Lipinski definition) is 3. The van der Waals surface area contributed by atoms with Gasteiger partial charge in [-0.05, 0) is 25.2 Å². The van der Waals surface area contributed by atoms with Crippen LogP contribution in [0.5, 0.6) is 0 Å². The van der Waals surface area contributed by atoms with E-state index in [-0.39, 0.29) is 12.8 Å². The van der Waals surface area contributed by atoms with Crippen LogP contribution in [-0.4, -0.2) is 60.8 Å². The summed E-state index contributed by atoms with van der Waals surface area (Å²) in [6, 6.07) is -1.57. The van der Waals surface area contributed by atoms with Gasteiger partial charge in [0.1, 0.15) is 6.04 Å². The summed E-state index contributed by atoms with van der Waals surface area (Å²) in [4.78, 5) is 35.2. The van der Waals surface area contributed by atoms with E-state index in [1.807, 2.05) is 0 Å². The number of urea groups is 1. The second-order valence-electron chi connectivity index (χ2n) is 5.28. The number of hydrogen-bond acceptors (Lipinski definition) is 4. The van der Waals surface area contributed by atoms with Gasteiger partial charge in [-0.15, -0.1) is 0 Å². The first-order valence-corrected chi connectivity index (χ1v) is 7.00. The van der Waals surface area contributed by atoms with E-state index >= 15 is 0 Å². The summed E-state index contributed by atoms with van der Waals surface area (Å²) in [5, 5.41) is 11.4. The van der Waals surface area contributed by atoms with Crippen molar-refractivity contribution in [1.82, 2.24) is 10.2 Å². The predicted molar refractivity (Wildman–Crippen MR) is 74.6 cm³/mol. The van der Waals surface area contributed by atoms with Gasteiger partial charge in [-0.25, -0.2) is 9.59 Å². The summed E-state index contributed by atoms with van der Waals surface area (Å²) in [6.45, 7) is 1.93. The monoisotopic (exact) mass is 301 g/mol. The smallest absolute Gasteiger partial charge is 0.326 e. The van der Waals surface area contributed by atoms with Crippen LogP contribution >= 0.6 is 0 Å². The number of carbonyl (C=O) groups is 3. The fraction of sp³-hybridized carbons (Fsp3) is 0.769. The third-order valence-electron chi connectivity index (χ3n) is 3.49. The Balaban J connectivity index is 2.43. The molecule has 0 saturated carbocycles. The van der Waals surface area contributed by atoms with Crippen molar-refractivity contribution in [2.24, 2.45) is 11.7 Å². The van der Waals surface area contributed by atoms with Crippen LogP contribution in [-0.2, 0) is 14.3 Å². The van der Waals surface area contributed by atoms with E-state index < -0.39 is 23.9 Å². The second kappa shape index (κ2) is 8.46. The molecule has 0 bridgehead atoms. The van der Waals surface area contributed by atoms with Gasteiger partial charge in [-0.2, -0.15) is 0 Å². The second-order valence-corrected chi connectivity index (χ2v) is 5.28. The molecule has 0 spiro atoms. The number of carbonyl (C=O) groups excluding carboxylic acids is 2. The first-order valence-electron chi connectivity index (χ1n) is 7.00. The number of carboxylic acid groups (broad SMARTS) is 1. The largest absolute Gasteiger partial charge is 0.480 e. The topological polar surface area (TPSA) is 122 Å². The van der Waals surface area contributed by atoms with Crippen LogP contribution in [0.2, 0.25) is 0 Å². The number of aliphatic carboxylic acids is 1. The molecule has 0 aliphatic carbocycles. The van der Waals surface area contributed by atoms with E-state index in [0.29, 0.717) is 25.7 Å². The molecule has 1 heterocycles. The predicted octanol–water partition coefficient (Wildman–Crippen LogP) is -0.227. The fourth-order valence-corrected chi connectivity index (χ4v) is 2.20. The number of primary amides is 1. The minimum Gasteiger partial charge on any atom is -0.480 e. The van der Waals surface area contributed by atoms with Gasteiger partial charge in [0.05, 0.1) is 0 Å². The van der Waals surface area contributed by atoms with Crippen LogP contribution in [0.1, 0.15) is 25.7 Å². The highest BCUT2D eigenvalue weighted by atomic mass is 16.5. The molecule has 8 heteroatoms. The average Bonchev–Trinajstić information content (AvgIpc) is 2.43. The Kier molecular flexibility index (Phi) is 6.93. The average molecular weight is 301 g/mol. The summed E-state index contributed by atoms with van der Waals surface area (Å²) in [6.07, 6.45) is 1.69. The normalized spacial score (nSPS) is 17.0. The fourth-order valence-electron chi connectivity index (χ4n) is 2.20. The number of nitrogens with one attached hydrogen (secondary N) is 1. The van der Waals surface area contributed by atoms with Crippen molar-refractivity contribution in [3.05, 3.63) is 0 Å². The van der Waals surface area contributed by atoms with E-state index in [2.05, 4.69) is 5.32 Å². The van der Waals surface area contributed by atoms with Crippen molar-refractivity contribution in [2.45, 2.75) is 31.7 Å². The van der Waals surface area contributed by atoms with E-state index in [4.69, 9.17) is 15.6 Å². The van der Waals surface area contributed by atoms with E-state index in [1.54, 1.807) is 7.05 Å². The highest BCUT2D eigenvalue weighted by molar-refractivity contribution is 5.83. The molecule has 1 saturated heterocycles. The minimum absolute atomic E-state index is 0.0124. The standard InChI is InChI=1S/C13H23N3O5/c1-16(8-9-4-6-21-7-5-9)13(20)15-10(12(18)19)2-3-11(14)17/h9-10H,2-8H2,1H3,(H2,14,17)(H,15,20)(H,18,19). The maximum atomic E-state index is 12.0. The van der Waals surface area contributed by atoms with Crippen LogP contribution < -0.4 is 11.1 Å². The lowest BCUT2D eigenvalue weighted by molar-refractivity contribution is -0.139. The molecule has 21 heavy (non-hydrogen) atoms. The highest BCUT2D eigenvalue weighted by Crippen LogP contribution is 2.15. The van der Waals surface area contributed by atoms with Crippen molar-refractivity contribution in [2.75, 3.05) is 26.8 Å². The van der Waals surface area contributed by atoms with Crippen LogP contribution in [0.4, 0.5) is 4.79 Å². The van der Waals surface area contributed by atoms with Crippen molar-refractivity contribution in [3.8, 4) is 0 Å². The van der Waals surface area contributed by atoms with Gasteiger partial charge < -0.3 is 25.8 Å². The third kappa shape index (κ3) is 6.44. The summed E-state index contributed by atoms with van der Waals surface area (Å²) >= 11 is 0. The van der Waals surface area contributed by atoms with Gasteiger partial charge in [0.2, 0.25) is 5.91 Å². The van der Waals surface area contributed by atoms with Crippen molar-refractivity contribution in [1.29, 1.82) is 0 Å². The zero-order valence-electron chi connectivity index (χ0n) is 12.2. The number of nitrogens with two attached hydrogens (primary N) is 1. The van der Waals surface area contributed by atoms with Crippen LogP contribution in [0, 0.1) is 5.92 Å². The Morgan fingerprint density at radius 3 is 2.52 bits per heavy atom. The lowest BCUT2D eigenvalue weighted by Gasteiger charge is -2.28. The SMILES string of the molecule is CN(CC1CCOCC1)C(=O)NC(CCC(N)=O)C(=O)O. The minimum atomic E-state index is -1.18. The van der Waals surface area contributed by atoms with E-state index in [9.17, 15) is 14.4 Å². The molecule has 0 aromatic carbocycles. The molecule has 1 aliphatic rings. The lowest BCUT2D eigenvalue weighted by atomic mass is 10.00. The summed E-state index contributed by atoms with van der Waals surface area (Å²) < 4.78 is 5.25. The summed E-state index contributed by atoms with van der Waals surface area (Å²) in [7, 11) is 1.62. The quantitative estimate of drug-likeness (QED) is 0.599. The zero-order chi connectivity index (χ0) is 15.8. The van der Waals surface area contributed by atoms with Gasteiger partial charge in [0.15, 0.2) is 0 Å². The molecule has 1 unspecified atom stereocenters. The number of nitrogens with zero attached hydrogens (tertiary/aromatic N) is 1. The van der Waals surface area contributed by atoms with Crippen LogP contribution in [0.25, 0.3) is 0 Å². The molecular formula is C13H23N3O5. The maximum Gasteiger partial charge on any atom is 0.326 e. The van der Waals surface area contributed by atoms with Gasteiger partial charge in [0.25, 0.3) is 0 Å².